The van der Waals surface area contributed by atoms with Gasteiger partial charge in [-0.3, -0.25) is 4.79 Å². The van der Waals surface area contributed by atoms with E-state index in [4.69, 9.17) is 14.2 Å². The second-order valence-electron chi connectivity index (χ2n) is 15.3. The van der Waals surface area contributed by atoms with Crippen molar-refractivity contribution >= 4 is 17.7 Å². The van der Waals surface area contributed by atoms with Gasteiger partial charge in [-0.1, -0.05) is 73.6 Å². The molecule has 1 radical (unpaired) electrons. The summed E-state index contributed by atoms with van der Waals surface area (Å²) in [6, 6.07) is 8.40. The second kappa shape index (κ2) is 12.1. The van der Waals surface area contributed by atoms with Gasteiger partial charge in [-0.05, 0) is 48.0 Å². The van der Waals surface area contributed by atoms with Crippen LogP contribution in [0, 0.1) is 78.1 Å². The molecular weight excluding hydrogens is 791 g/mol. The van der Waals surface area contributed by atoms with Gasteiger partial charge in [-0.2, -0.15) is 0 Å². The van der Waals surface area contributed by atoms with Crippen molar-refractivity contribution in [3.05, 3.63) is 47.0 Å². The van der Waals surface area contributed by atoms with Crippen LogP contribution in [0.3, 0.4) is 0 Å². The van der Waals surface area contributed by atoms with E-state index in [2.05, 4.69) is 0 Å². The zero-order valence-corrected chi connectivity index (χ0v) is 32.7. The minimum atomic E-state index is -1.91. The number of hydrogen-bond donors (Lipinski definition) is 3. The van der Waals surface area contributed by atoms with Crippen molar-refractivity contribution in [2.24, 2.45) is 34.0 Å². The molecule has 10 heteroatoms. The standard InChI is InChI=1S/C35H48O9.Ac/c1-18(2)25(36)30(39)43-22-15-35(41)28(44-29(38)21-13-11-10-12-14-21)26-33(9,31(5,6)16-23-34(26,40)17-42-23)27(37)20(4)24(19(22)3)32(35,7)8;/h10-14,18,20,22-23,25-26,28,36,40-41H,15-17H2,1-9H3;/t20-,22?,23?,25?,26?,28?,33-,34+,35?;/m1./s1. The van der Waals surface area contributed by atoms with E-state index in [1.165, 1.54) is 0 Å². The molecule has 5 rings (SSSR count). The van der Waals surface area contributed by atoms with Gasteiger partial charge in [0.1, 0.15) is 29.2 Å². The summed E-state index contributed by atoms with van der Waals surface area (Å²) >= 11 is 0. The van der Waals surface area contributed by atoms with E-state index in [1.54, 1.807) is 58.0 Å². The maximum Gasteiger partial charge on any atom is 0.338 e. The molecule has 9 atom stereocenters. The van der Waals surface area contributed by atoms with Gasteiger partial charge in [0.15, 0.2) is 6.10 Å². The first kappa shape index (κ1) is 36.7. The molecule has 2 saturated carbocycles. The van der Waals surface area contributed by atoms with Crippen molar-refractivity contribution < 1.29 is 88.0 Å². The summed E-state index contributed by atoms with van der Waals surface area (Å²) in [4.78, 5) is 41.9. The molecular formula is C35H48AcO9. The van der Waals surface area contributed by atoms with Crippen LogP contribution in [0.2, 0.25) is 0 Å². The number of ketones is 1. The number of rotatable bonds is 5. The number of fused-ring (bicyclic) bond motifs is 5. The summed E-state index contributed by atoms with van der Waals surface area (Å²) < 4.78 is 18.1. The first-order valence-corrected chi connectivity index (χ1v) is 15.7. The number of aliphatic hydroxyl groups excluding tert-OH is 1. The predicted octanol–water partition coefficient (Wildman–Crippen LogP) is 4.02. The number of aliphatic hydroxyl groups is 3. The van der Waals surface area contributed by atoms with Gasteiger partial charge in [0.25, 0.3) is 0 Å². The largest absolute Gasteiger partial charge is 0.456 e. The van der Waals surface area contributed by atoms with E-state index in [9.17, 15) is 29.7 Å². The first-order chi connectivity index (χ1) is 20.3. The summed E-state index contributed by atoms with van der Waals surface area (Å²) in [5, 5.41) is 36.0. The SMILES string of the molecule is CC1=C2[C@@H](C)C(=O)[C@@]3(C)C(C(OC(=O)c4ccccc4)C(O)(CC1OC(=O)C(O)C(C)C)C2(C)C)[C@]1(O)COC1CC3(C)C.[Ac]. The fourth-order valence-corrected chi connectivity index (χ4v) is 8.88. The third kappa shape index (κ3) is 5.24. The van der Waals surface area contributed by atoms with Crippen molar-refractivity contribution in [3.8, 4) is 0 Å². The zero-order valence-electron chi connectivity index (χ0n) is 27.9. The molecule has 9 nitrogen and oxygen atoms in total. The molecule has 1 heterocycles. The van der Waals surface area contributed by atoms with Gasteiger partial charge < -0.3 is 29.5 Å². The number of Topliss-reactive ketones (excluding diaryl/α,β-unsaturated/α-hetero) is 1. The molecule has 245 valence electrons. The Kier molecular flexibility index (Phi) is 9.84. The molecule has 0 amide bonds. The minimum Gasteiger partial charge on any atom is -0.456 e. The van der Waals surface area contributed by atoms with Gasteiger partial charge in [0.2, 0.25) is 0 Å². The minimum absolute atomic E-state index is 0. The zero-order chi connectivity index (χ0) is 32.8. The Balaban J connectivity index is 0.00000461. The Bertz CT molecular complexity index is 1390. The molecule has 1 aromatic carbocycles. The number of hydrogen-bond acceptors (Lipinski definition) is 9. The normalized spacial score (nSPS) is 38.8. The second-order valence-corrected chi connectivity index (χ2v) is 15.3. The Hall–Kier alpha value is -1.15. The smallest absolute Gasteiger partial charge is 0.338 e. The third-order valence-electron chi connectivity index (χ3n) is 12.0. The maximum absolute atomic E-state index is 15.0. The molecule has 3 aliphatic carbocycles. The number of ether oxygens (including phenoxy) is 3. The Labute approximate surface area is 302 Å². The first-order valence-electron chi connectivity index (χ1n) is 15.7. The fraction of sp³-hybridized carbons (Fsp3) is 0.686. The maximum atomic E-state index is 15.0. The molecule has 4 aliphatic rings. The summed E-state index contributed by atoms with van der Waals surface area (Å²) in [5.74, 6) is -3.88. The van der Waals surface area contributed by atoms with E-state index in [0.29, 0.717) is 17.6 Å². The van der Waals surface area contributed by atoms with Crippen molar-refractivity contribution in [2.45, 2.75) is 111 Å². The Morgan fingerprint density at radius 3 is 2.13 bits per heavy atom. The Morgan fingerprint density at radius 2 is 1.60 bits per heavy atom. The van der Waals surface area contributed by atoms with Gasteiger partial charge in [-0.25, -0.2) is 9.59 Å². The molecule has 1 aromatic rings. The van der Waals surface area contributed by atoms with Gasteiger partial charge >= 0.3 is 11.9 Å². The molecule has 6 unspecified atom stereocenters. The average Bonchev–Trinajstić information content (AvgIpc) is 2.95. The molecule has 0 spiro atoms. The van der Waals surface area contributed by atoms with E-state index in [-0.39, 0.29) is 68.4 Å². The van der Waals surface area contributed by atoms with Crippen molar-refractivity contribution in [2.75, 3.05) is 6.61 Å². The summed E-state index contributed by atoms with van der Waals surface area (Å²) in [5.41, 5.74) is -5.13. The van der Waals surface area contributed by atoms with Crippen molar-refractivity contribution in [3.63, 3.8) is 0 Å². The monoisotopic (exact) mass is 839 g/mol. The van der Waals surface area contributed by atoms with Crippen LogP contribution in [0.15, 0.2) is 41.5 Å². The number of benzene rings is 1. The molecule has 45 heavy (non-hydrogen) atoms. The van der Waals surface area contributed by atoms with Crippen LogP contribution in [0.5, 0.6) is 0 Å². The topological polar surface area (TPSA) is 140 Å². The quantitative estimate of drug-likeness (QED) is 0.297. The Morgan fingerprint density at radius 1 is 1.00 bits per heavy atom. The fourth-order valence-electron chi connectivity index (χ4n) is 8.88. The van der Waals surface area contributed by atoms with E-state index in [1.807, 2.05) is 34.6 Å². The van der Waals surface area contributed by atoms with E-state index < -0.39 is 81.6 Å². The van der Waals surface area contributed by atoms with Crippen LogP contribution in [0.4, 0.5) is 0 Å². The van der Waals surface area contributed by atoms with E-state index in [0.717, 1.165) is 0 Å². The molecule has 0 aromatic heterocycles. The summed E-state index contributed by atoms with van der Waals surface area (Å²) in [6.07, 6.45) is -4.19. The molecule has 1 saturated heterocycles. The van der Waals surface area contributed by atoms with Crippen LogP contribution in [-0.4, -0.2) is 75.3 Å². The number of carbonyl (C=O) groups excluding carboxylic acids is 3. The van der Waals surface area contributed by atoms with Crippen LogP contribution < -0.4 is 0 Å². The summed E-state index contributed by atoms with van der Waals surface area (Å²) in [6.45, 7) is 16.3. The molecule has 1 aliphatic heterocycles. The van der Waals surface area contributed by atoms with Crippen LogP contribution >= 0.6 is 0 Å². The van der Waals surface area contributed by atoms with Crippen LogP contribution in [0.1, 0.15) is 85.5 Å². The number of esters is 2. The van der Waals surface area contributed by atoms with Crippen LogP contribution in [-0.2, 0) is 23.8 Å². The van der Waals surface area contributed by atoms with Crippen molar-refractivity contribution in [1.82, 2.24) is 0 Å². The van der Waals surface area contributed by atoms with Gasteiger partial charge in [-0.15, -0.1) is 0 Å². The van der Waals surface area contributed by atoms with Crippen LogP contribution in [0.25, 0.3) is 0 Å². The van der Waals surface area contributed by atoms with Crippen molar-refractivity contribution in [1.29, 1.82) is 0 Å². The molecule has 3 N–H and O–H groups in total. The predicted molar refractivity (Wildman–Crippen MR) is 161 cm³/mol. The molecule has 3 fully saturated rings. The van der Waals surface area contributed by atoms with Gasteiger partial charge in [0, 0.05) is 73.1 Å². The van der Waals surface area contributed by atoms with Gasteiger partial charge in [0.05, 0.1) is 18.3 Å². The summed E-state index contributed by atoms with van der Waals surface area (Å²) in [7, 11) is 0. The average molecular weight is 840 g/mol. The third-order valence-corrected chi connectivity index (χ3v) is 12.0. The van der Waals surface area contributed by atoms with E-state index >= 15 is 0 Å². The molecule has 2 bridgehead atoms. The number of carbonyl (C=O) groups is 3.